The molecule has 0 aliphatic rings. The van der Waals surface area contributed by atoms with Crippen molar-refractivity contribution in [2.45, 2.75) is 19.6 Å². The summed E-state index contributed by atoms with van der Waals surface area (Å²) >= 11 is 1.90. The van der Waals surface area contributed by atoms with Crippen LogP contribution in [0.1, 0.15) is 25.0 Å². The Balaban J connectivity index is 2.34. The highest BCUT2D eigenvalue weighted by molar-refractivity contribution is 7.98. The van der Waals surface area contributed by atoms with E-state index in [1.54, 1.807) is 0 Å². The van der Waals surface area contributed by atoms with Gasteiger partial charge in [-0.2, -0.15) is 17.0 Å². The first-order chi connectivity index (χ1) is 8.31. The van der Waals surface area contributed by atoms with Gasteiger partial charge in [-0.15, -0.1) is 0 Å². The molecule has 0 aliphatic heterocycles. The minimum atomic E-state index is 0.808. The van der Waals surface area contributed by atoms with E-state index < -0.39 is 0 Å². The fourth-order valence-corrected chi connectivity index (χ4v) is 2.67. The zero-order valence-electron chi connectivity index (χ0n) is 10.6. The molecule has 0 aliphatic carbocycles. The molecule has 0 radical (unpaired) electrons. The van der Waals surface area contributed by atoms with Gasteiger partial charge in [0.05, 0.1) is 11.6 Å². The summed E-state index contributed by atoms with van der Waals surface area (Å²) in [5, 5.41) is 8.97. The van der Waals surface area contributed by atoms with Gasteiger partial charge >= 0.3 is 0 Å². The lowest BCUT2D eigenvalue weighted by Crippen LogP contribution is -2.25. The minimum Gasteiger partial charge on any atom is -0.303 e. The average Bonchev–Trinajstić information content (AvgIpc) is 2.39. The van der Waals surface area contributed by atoms with E-state index >= 15 is 0 Å². The number of hydrogen-bond acceptors (Lipinski definition) is 3. The van der Waals surface area contributed by atoms with Crippen LogP contribution in [0.25, 0.3) is 0 Å². The van der Waals surface area contributed by atoms with Crippen LogP contribution in [0.4, 0.5) is 0 Å². The molecule has 0 saturated carbocycles. The lowest BCUT2D eigenvalue weighted by atomic mass is 10.1. The normalized spacial score (nSPS) is 10.5. The van der Waals surface area contributed by atoms with Crippen molar-refractivity contribution in [1.82, 2.24) is 4.90 Å². The zero-order chi connectivity index (χ0) is 12.5. The molecule has 0 bridgehead atoms. The van der Waals surface area contributed by atoms with E-state index in [-0.39, 0.29) is 0 Å². The molecule has 0 saturated heterocycles. The minimum absolute atomic E-state index is 0.808. The highest BCUT2D eigenvalue weighted by atomic mass is 32.2. The first kappa shape index (κ1) is 14.1. The summed E-state index contributed by atoms with van der Waals surface area (Å²) in [5.41, 5.74) is 1.96. The fraction of sp³-hybridized carbons (Fsp3) is 0.500. The maximum absolute atomic E-state index is 8.97. The van der Waals surface area contributed by atoms with E-state index in [9.17, 15) is 0 Å². The number of benzene rings is 1. The first-order valence-corrected chi connectivity index (χ1v) is 7.25. The molecule has 0 amide bonds. The van der Waals surface area contributed by atoms with E-state index in [0.717, 1.165) is 42.3 Å². The monoisotopic (exact) mass is 248 g/mol. The van der Waals surface area contributed by atoms with E-state index in [1.807, 2.05) is 36.0 Å². The largest absolute Gasteiger partial charge is 0.303 e. The van der Waals surface area contributed by atoms with Crippen LogP contribution in [0.5, 0.6) is 0 Å². The van der Waals surface area contributed by atoms with Crippen LogP contribution < -0.4 is 0 Å². The molecule has 0 atom stereocenters. The Morgan fingerprint density at radius 2 is 1.94 bits per heavy atom. The van der Waals surface area contributed by atoms with E-state index in [2.05, 4.69) is 24.8 Å². The van der Waals surface area contributed by atoms with Gasteiger partial charge in [-0.1, -0.05) is 32.0 Å². The van der Waals surface area contributed by atoms with Gasteiger partial charge in [0.1, 0.15) is 0 Å². The number of rotatable bonds is 7. The Bertz CT molecular complexity index is 367. The maximum Gasteiger partial charge on any atom is 0.0994 e. The topological polar surface area (TPSA) is 27.0 Å². The molecule has 0 N–H and O–H groups in total. The third kappa shape index (κ3) is 4.80. The second kappa shape index (κ2) is 8.16. The molecular weight excluding hydrogens is 228 g/mol. The van der Waals surface area contributed by atoms with Crippen molar-refractivity contribution in [2.75, 3.05) is 25.4 Å². The van der Waals surface area contributed by atoms with Crippen LogP contribution in [0.3, 0.4) is 0 Å². The predicted molar refractivity (Wildman–Crippen MR) is 75.1 cm³/mol. The molecule has 2 nitrogen and oxygen atoms in total. The van der Waals surface area contributed by atoms with Crippen LogP contribution in [-0.2, 0) is 5.75 Å². The molecule has 0 aromatic heterocycles. The molecule has 1 aromatic rings. The van der Waals surface area contributed by atoms with Crippen LogP contribution in [-0.4, -0.2) is 30.3 Å². The molecule has 0 spiro atoms. The van der Waals surface area contributed by atoms with Gasteiger partial charge in [-0.25, -0.2) is 0 Å². The fourth-order valence-electron chi connectivity index (χ4n) is 1.67. The van der Waals surface area contributed by atoms with Gasteiger partial charge in [-0.05, 0) is 24.7 Å². The summed E-state index contributed by atoms with van der Waals surface area (Å²) in [5.74, 6) is 2.06. The number of thioether (sulfide) groups is 1. The van der Waals surface area contributed by atoms with Crippen LogP contribution >= 0.6 is 11.8 Å². The van der Waals surface area contributed by atoms with Gasteiger partial charge in [0.15, 0.2) is 0 Å². The van der Waals surface area contributed by atoms with Crippen molar-refractivity contribution >= 4 is 11.8 Å². The molecular formula is C14H20N2S. The van der Waals surface area contributed by atoms with E-state index in [1.165, 1.54) is 0 Å². The second-order valence-electron chi connectivity index (χ2n) is 3.85. The summed E-state index contributed by atoms with van der Waals surface area (Å²) in [4.78, 5) is 2.42. The van der Waals surface area contributed by atoms with Gasteiger partial charge in [0.2, 0.25) is 0 Å². The Morgan fingerprint density at radius 3 is 2.59 bits per heavy atom. The molecule has 3 heteroatoms. The molecule has 17 heavy (non-hydrogen) atoms. The van der Waals surface area contributed by atoms with Crippen molar-refractivity contribution in [2.24, 2.45) is 0 Å². The summed E-state index contributed by atoms with van der Waals surface area (Å²) in [7, 11) is 0. The van der Waals surface area contributed by atoms with Crippen molar-refractivity contribution < 1.29 is 0 Å². The Morgan fingerprint density at radius 1 is 1.24 bits per heavy atom. The zero-order valence-corrected chi connectivity index (χ0v) is 11.5. The van der Waals surface area contributed by atoms with Crippen LogP contribution in [0.2, 0.25) is 0 Å². The smallest absolute Gasteiger partial charge is 0.0994 e. The van der Waals surface area contributed by atoms with Crippen molar-refractivity contribution in [3.05, 3.63) is 35.4 Å². The molecule has 1 aromatic carbocycles. The summed E-state index contributed by atoms with van der Waals surface area (Å²) in [6, 6.07) is 10.1. The Labute approximate surface area is 109 Å². The second-order valence-corrected chi connectivity index (χ2v) is 4.95. The van der Waals surface area contributed by atoms with E-state index in [4.69, 9.17) is 5.26 Å². The van der Waals surface area contributed by atoms with Gasteiger partial charge in [0, 0.05) is 18.1 Å². The highest BCUT2D eigenvalue weighted by Crippen LogP contribution is 2.15. The SMILES string of the molecule is CCN(CC)CCSCc1ccccc1C#N. The highest BCUT2D eigenvalue weighted by Gasteiger charge is 2.02. The van der Waals surface area contributed by atoms with Gasteiger partial charge < -0.3 is 4.90 Å². The first-order valence-electron chi connectivity index (χ1n) is 6.09. The lowest BCUT2D eigenvalue weighted by Gasteiger charge is -2.17. The number of nitriles is 1. The molecule has 1 rings (SSSR count). The number of hydrogen-bond donors (Lipinski definition) is 0. The molecule has 0 fully saturated rings. The molecule has 92 valence electrons. The quantitative estimate of drug-likeness (QED) is 0.694. The molecule has 0 unspecified atom stereocenters. The lowest BCUT2D eigenvalue weighted by molar-refractivity contribution is 0.324. The maximum atomic E-state index is 8.97. The Kier molecular flexibility index (Phi) is 6.76. The van der Waals surface area contributed by atoms with Crippen molar-refractivity contribution in [3.63, 3.8) is 0 Å². The Hall–Kier alpha value is -0.980. The average molecular weight is 248 g/mol. The summed E-state index contributed by atoms with van der Waals surface area (Å²) in [6.45, 7) is 7.75. The van der Waals surface area contributed by atoms with Crippen molar-refractivity contribution in [3.8, 4) is 6.07 Å². The standard InChI is InChI=1S/C14H20N2S/c1-3-16(4-2)9-10-17-12-14-8-6-5-7-13(14)11-15/h5-8H,3-4,9-10,12H2,1-2H3. The third-order valence-electron chi connectivity index (χ3n) is 2.84. The predicted octanol–water partition coefficient (Wildman–Crippen LogP) is 3.13. The van der Waals surface area contributed by atoms with Crippen LogP contribution in [0, 0.1) is 11.3 Å². The third-order valence-corrected chi connectivity index (χ3v) is 3.83. The molecule has 0 heterocycles. The van der Waals surface area contributed by atoms with Crippen molar-refractivity contribution in [1.29, 1.82) is 5.26 Å². The summed E-state index contributed by atoms with van der Waals surface area (Å²) < 4.78 is 0. The van der Waals surface area contributed by atoms with Gasteiger partial charge in [-0.3, -0.25) is 0 Å². The van der Waals surface area contributed by atoms with Gasteiger partial charge in [0.25, 0.3) is 0 Å². The summed E-state index contributed by atoms with van der Waals surface area (Å²) in [6.07, 6.45) is 0. The van der Waals surface area contributed by atoms with E-state index in [0.29, 0.717) is 0 Å². The van der Waals surface area contributed by atoms with Crippen LogP contribution in [0.15, 0.2) is 24.3 Å². The number of nitrogens with zero attached hydrogens (tertiary/aromatic N) is 2.